The van der Waals surface area contributed by atoms with E-state index in [0.717, 1.165) is 0 Å². The predicted octanol–water partition coefficient (Wildman–Crippen LogP) is 4.01. The number of carbonyl (C=O) groups excluding carboxylic acids is 2. The van der Waals surface area contributed by atoms with Crippen molar-refractivity contribution in [1.82, 2.24) is 4.98 Å². The fourth-order valence-electron chi connectivity index (χ4n) is 2.30. The van der Waals surface area contributed by atoms with Gasteiger partial charge in [-0.15, -0.1) is 11.3 Å². The third-order valence-corrected chi connectivity index (χ3v) is 4.60. The van der Waals surface area contributed by atoms with E-state index in [4.69, 9.17) is 21.6 Å². The van der Waals surface area contributed by atoms with E-state index in [9.17, 15) is 9.59 Å². The highest BCUT2D eigenvalue weighted by molar-refractivity contribution is 7.14. The molecule has 0 bridgehead atoms. The Morgan fingerprint density at radius 3 is 2.88 bits per heavy atom. The second-order valence-corrected chi connectivity index (χ2v) is 6.63. The zero-order valence-corrected chi connectivity index (χ0v) is 15.1. The summed E-state index contributed by atoms with van der Waals surface area (Å²) >= 11 is 7.19. The number of aromatic nitrogens is 1. The fourth-order valence-corrected chi connectivity index (χ4v) is 3.24. The molecule has 0 aliphatic carbocycles. The summed E-state index contributed by atoms with van der Waals surface area (Å²) in [7, 11) is 0. The van der Waals surface area contributed by atoms with Crippen LogP contribution in [0.1, 0.15) is 22.8 Å². The van der Waals surface area contributed by atoms with Crippen LogP contribution in [0.3, 0.4) is 0 Å². The Hall–Kier alpha value is -2.95. The number of nitrogens with zero attached hydrogens (tertiary/aromatic N) is 2. The van der Waals surface area contributed by atoms with Gasteiger partial charge in [-0.05, 0) is 30.5 Å². The maximum absolute atomic E-state index is 12.5. The van der Waals surface area contributed by atoms with E-state index in [0.29, 0.717) is 21.5 Å². The van der Waals surface area contributed by atoms with Crippen molar-refractivity contribution < 1.29 is 14.3 Å². The SMILES string of the molecule is C[C@H](OC(=O)c1cc(Cl)nc2ccccc12)C(=O)Nc1sccc1C#N. The lowest BCUT2D eigenvalue weighted by Gasteiger charge is -2.14. The van der Waals surface area contributed by atoms with Gasteiger partial charge in [-0.3, -0.25) is 4.79 Å². The van der Waals surface area contributed by atoms with Crippen molar-refractivity contribution in [2.45, 2.75) is 13.0 Å². The number of carbonyl (C=O) groups is 2. The van der Waals surface area contributed by atoms with Gasteiger partial charge in [0, 0.05) is 5.39 Å². The van der Waals surface area contributed by atoms with Crippen LogP contribution in [0.5, 0.6) is 0 Å². The topological polar surface area (TPSA) is 92.1 Å². The van der Waals surface area contributed by atoms with Crippen LogP contribution in [0.15, 0.2) is 41.8 Å². The Bertz CT molecular complexity index is 1040. The van der Waals surface area contributed by atoms with Crippen LogP contribution in [0.2, 0.25) is 5.15 Å². The van der Waals surface area contributed by atoms with Crippen molar-refractivity contribution in [3.05, 3.63) is 58.1 Å². The molecule has 8 heteroatoms. The second kappa shape index (κ2) is 7.52. The first kappa shape index (κ1) is 17.9. The summed E-state index contributed by atoms with van der Waals surface area (Å²) in [4.78, 5) is 28.9. The van der Waals surface area contributed by atoms with Crippen molar-refractivity contribution in [1.29, 1.82) is 5.26 Å². The van der Waals surface area contributed by atoms with Crippen molar-refractivity contribution in [3.8, 4) is 6.07 Å². The summed E-state index contributed by atoms with van der Waals surface area (Å²) in [6.45, 7) is 1.46. The number of nitrogens with one attached hydrogen (secondary N) is 1. The van der Waals surface area contributed by atoms with E-state index in [1.807, 2.05) is 6.07 Å². The van der Waals surface area contributed by atoms with Crippen LogP contribution < -0.4 is 5.32 Å². The van der Waals surface area contributed by atoms with Crippen molar-refractivity contribution in [2.75, 3.05) is 5.32 Å². The number of fused-ring (bicyclic) bond motifs is 1. The fraction of sp³-hybridized carbons (Fsp3) is 0.111. The van der Waals surface area contributed by atoms with Gasteiger partial charge in [0.2, 0.25) is 0 Å². The van der Waals surface area contributed by atoms with Crippen molar-refractivity contribution >= 4 is 50.7 Å². The molecule has 1 atom stereocenters. The number of pyridine rings is 1. The number of hydrogen-bond acceptors (Lipinski definition) is 6. The average Bonchev–Trinajstić information content (AvgIpc) is 3.07. The van der Waals surface area contributed by atoms with Crippen LogP contribution in [0, 0.1) is 11.3 Å². The number of esters is 1. The molecule has 1 N–H and O–H groups in total. The van der Waals surface area contributed by atoms with Crippen LogP contribution in [-0.4, -0.2) is 23.0 Å². The minimum atomic E-state index is -1.05. The van der Waals surface area contributed by atoms with Gasteiger partial charge in [-0.1, -0.05) is 29.8 Å². The molecule has 0 aliphatic rings. The molecule has 0 spiro atoms. The number of thiophene rings is 1. The number of rotatable bonds is 4. The van der Waals surface area contributed by atoms with E-state index in [1.54, 1.807) is 35.7 Å². The van der Waals surface area contributed by atoms with E-state index < -0.39 is 18.0 Å². The monoisotopic (exact) mass is 385 g/mol. The Morgan fingerprint density at radius 1 is 1.35 bits per heavy atom. The summed E-state index contributed by atoms with van der Waals surface area (Å²) in [6, 6.07) is 12.0. The van der Waals surface area contributed by atoms with Gasteiger partial charge in [0.05, 0.1) is 16.6 Å². The molecule has 26 heavy (non-hydrogen) atoms. The molecule has 0 unspecified atom stereocenters. The molecule has 0 radical (unpaired) electrons. The maximum atomic E-state index is 12.5. The molecule has 0 saturated heterocycles. The summed E-state index contributed by atoms with van der Waals surface area (Å²) in [5.41, 5.74) is 1.14. The molecule has 1 aromatic carbocycles. The number of benzene rings is 1. The summed E-state index contributed by atoms with van der Waals surface area (Å²) < 4.78 is 5.27. The largest absolute Gasteiger partial charge is 0.449 e. The Balaban J connectivity index is 1.78. The first-order valence-corrected chi connectivity index (χ1v) is 8.80. The molecule has 3 aromatic rings. The highest BCUT2D eigenvalue weighted by Crippen LogP contribution is 2.24. The molecular formula is C18H12ClN3O3S. The number of amides is 1. The summed E-state index contributed by atoms with van der Waals surface area (Å²) in [6.07, 6.45) is -1.05. The minimum absolute atomic E-state index is 0.157. The van der Waals surface area contributed by atoms with E-state index in [2.05, 4.69) is 10.3 Å². The second-order valence-electron chi connectivity index (χ2n) is 5.32. The third kappa shape index (κ3) is 3.67. The van der Waals surface area contributed by atoms with Crippen LogP contribution in [0.25, 0.3) is 10.9 Å². The van der Waals surface area contributed by atoms with E-state index in [1.165, 1.54) is 24.3 Å². The van der Waals surface area contributed by atoms with Crippen LogP contribution in [-0.2, 0) is 9.53 Å². The Kier molecular flexibility index (Phi) is 5.16. The van der Waals surface area contributed by atoms with Gasteiger partial charge in [0.1, 0.15) is 16.2 Å². The zero-order valence-electron chi connectivity index (χ0n) is 13.5. The minimum Gasteiger partial charge on any atom is -0.449 e. The Labute approximate surface area is 158 Å². The quantitative estimate of drug-likeness (QED) is 0.541. The van der Waals surface area contributed by atoms with Gasteiger partial charge in [0.15, 0.2) is 6.10 Å². The van der Waals surface area contributed by atoms with Crippen molar-refractivity contribution in [2.24, 2.45) is 0 Å². The summed E-state index contributed by atoms with van der Waals surface area (Å²) in [5.74, 6) is -1.21. The van der Waals surface area contributed by atoms with E-state index in [-0.39, 0.29) is 10.7 Å². The average molecular weight is 386 g/mol. The highest BCUT2D eigenvalue weighted by atomic mass is 35.5. The molecule has 3 rings (SSSR count). The van der Waals surface area contributed by atoms with Crippen LogP contribution in [0.4, 0.5) is 5.00 Å². The zero-order chi connectivity index (χ0) is 18.7. The lowest BCUT2D eigenvalue weighted by Crippen LogP contribution is -2.30. The molecule has 130 valence electrons. The van der Waals surface area contributed by atoms with Gasteiger partial charge in [-0.25, -0.2) is 9.78 Å². The first-order chi connectivity index (χ1) is 12.5. The lowest BCUT2D eigenvalue weighted by atomic mass is 10.1. The summed E-state index contributed by atoms with van der Waals surface area (Å²) in [5, 5.41) is 14.4. The molecule has 0 fully saturated rings. The molecule has 0 saturated carbocycles. The molecule has 6 nitrogen and oxygen atoms in total. The third-order valence-electron chi connectivity index (χ3n) is 3.58. The van der Waals surface area contributed by atoms with E-state index >= 15 is 0 Å². The van der Waals surface area contributed by atoms with Gasteiger partial charge < -0.3 is 10.1 Å². The molecule has 2 heterocycles. The molecule has 1 amide bonds. The number of ether oxygens (including phenoxy) is 1. The highest BCUT2D eigenvalue weighted by Gasteiger charge is 2.22. The Morgan fingerprint density at radius 2 is 2.12 bits per heavy atom. The number of halogens is 1. The van der Waals surface area contributed by atoms with Crippen molar-refractivity contribution in [3.63, 3.8) is 0 Å². The standard InChI is InChI=1S/C18H12ClN3O3S/c1-10(16(23)22-17-11(9-20)6-7-26-17)25-18(24)13-8-15(19)21-14-5-3-2-4-12(13)14/h2-8,10H,1H3,(H,22,23)/t10-/m0/s1. The van der Waals surface area contributed by atoms with Gasteiger partial charge >= 0.3 is 5.97 Å². The first-order valence-electron chi connectivity index (χ1n) is 7.54. The predicted molar refractivity (Wildman–Crippen MR) is 99.3 cm³/mol. The smallest absolute Gasteiger partial charge is 0.339 e. The maximum Gasteiger partial charge on any atom is 0.339 e. The molecule has 0 aliphatic heterocycles. The lowest BCUT2D eigenvalue weighted by molar-refractivity contribution is -0.123. The number of hydrogen-bond donors (Lipinski definition) is 1. The number of nitriles is 1. The number of para-hydroxylation sites is 1. The molecular weight excluding hydrogens is 374 g/mol. The normalized spacial score (nSPS) is 11.6. The molecule has 2 aromatic heterocycles. The van der Waals surface area contributed by atoms with Gasteiger partial charge in [-0.2, -0.15) is 5.26 Å². The van der Waals surface area contributed by atoms with Crippen LogP contribution >= 0.6 is 22.9 Å². The number of anilines is 1. The van der Waals surface area contributed by atoms with Gasteiger partial charge in [0.25, 0.3) is 5.91 Å².